The summed E-state index contributed by atoms with van der Waals surface area (Å²) >= 11 is 0. The van der Waals surface area contributed by atoms with Crippen LogP contribution in [-0.2, 0) is 19.1 Å². The molecule has 0 spiro atoms. The molecule has 2 aliphatic carbocycles. The molecule has 0 aromatic heterocycles. The van der Waals surface area contributed by atoms with Gasteiger partial charge in [0.2, 0.25) is 0 Å². The third-order valence-electron chi connectivity index (χ3n) is 4.84. The second kappa shape index (κ2) is 6.28. The van der Waals surface area contributed by atoms with Crippen LogP contribution in [0.25, 0.3) is 0 Å². The highest BCUT2D eigenvalue weighted by Gasteiger charge is 2.48. The van der Waals surface area contributed by atoms with Crippen molar-refractivity contribution in [1.29, 1.82) is 0 Å². The molecule has 23 heavy (non-hydrogen) atoms. The molecule has 1 unspecified atom stereocenters. The fraction of sp³-hybridized carbons (Fsp3) is 0.588. The summed E-state index contributed by atoms with van der Waals surface area (Å²) in [6.45, 7) is 6.26. The minimum absolute atomic E-state index is 0.158. The molecule has 2 N–H and O–H groups in total. The second-order valence-electron chi connectivity index (χ2n) is 6.47. The van der Waals surface area contributed by atoms with Crippen molar-refractivity contribution in [1.82, 2.24) is 0 Å². The number of hydrogen-bond donors (Lipinski definition) is 2. The number of carbonyl (C=O) groups excluding carboxylic acids is 2. The zero-order chi connectivity index (χ0) is 17.5. The van der Waals surface area contributed by atoms with E-state index in [4.69, 9.17) is 4.74 Å². The molecule has 2 aliphatic rings. The molecule has 0 amide bonds. The molecule has 0 aromatic carbocycles. The Morgan fingerprint density at radius 1 is 1.35 bits per heavy atom. The molecule has 0 saturated carbocycles. The van der Waals surface area contributed by atoms with Gasteiger partial charge in [0.1, 0.15) is 6.10 Å². The fourth-order valence-electron chi connectivity index (χ4n) is 3.78. The molecule has 0 fully saturated rings. The zero-order valence-electron chi connectivity index (χ0n) is 13.7. The monoisotopic (exact) mass is 322 g/mol. The van der Waals surface area contributed by atoms with Gasteiger partial charge in [-0.3, -0.25) is 14.4 Å². The minimum Gasteiger partial charge on any atom is -0.481 e. The van der Waals surface area contributed by atoms with Crippen LogP contribution in [0, 0.1) is 17.8 Å². The quantitative estimate of drug-likeness (QED) is 0.763. The lowest BCUT2D eigenvalue weighted by atomic mass is 9.77. The first-order chi connectivity index (χ1) is 10.6. The van der Waals surface area contributed by atoms with Crippen molar-refractivity contribution < 1.29 is 29.3 Å². The smallest absolute Gasteiger partial charge is 0.306 e. The van der Waals surface area contributed by atoms with E-state index < -0.39 is 41.9 Å². The highest BCUT2D eigenvalue weighted by molar-refractivity contribution is 6.08. The lowest BCUT2D eigenvalue weighted by Crippen LogP contribution is -2.44. The Hall–Kier alpha value is -1.95. The topological polar surface area (TPSA) is 101 Å². The van der Waals surface area contributed by atoms with Crippen molar-refractivity contribution in [2.24, 2.45) is 17.8 Å². The summed E-state index contributed by atoms with van der Waals surface area (Å²) < 4.78 is 5.30. The molecule has 0 radical (unpaired) electrons. The van der Waals surface area contributed by atoms with Gasteiger partial charge < -0.3 is 14.9 Å². The van der Waals surface area contributed by atoms with Crippen molar-refractivity contribution in [2.45, 2.75) is 46.3 Å². The standard InChI is InChI=1S/C17H22O6/c1-7-5-11(19)13-8(2)6-12(23-10(4)18)15(9(3)17(21)22)16(20)14(7)13/h5,9,12,14-16,20H,6H2,1-4H3,(H,21,22)/t9?,12-,14+,15+,16-/m1/s1. The van der Waals surface area contributed by atoms with Gasteiger partial charge in [0.05, 0.1) is 12.0 Å². The zero-order valence-corrected chi connectivity index (χ0v) is 13.7. The van der Waals surface area contributed by atoms with E-state index in [0.29, 0.717) is 11.1 Å². The molecule has 0 aromatic rings. The van der Waals surface area contributed by atoms with E-state index in [1.807, 2.05) is 0 Å². The van der Waals surface area contributed by atoms with Gasteiger partial charge in [0.25, 0.3) is 0 Å². The molecule has 0 heterocycles. The number of carboxylic acids is 1. The van der Waals surface area contributed by atoms with Gasteiger partial charge in [-0.05, 0) is 19.9 Å². The molecule has 6 heteroatoms. The van der Waals surface area contributed by atoms with Crippen molar-refractivity contribution in [3.63, 3.8) is 0 Å². The number of carboxylic acid groups (broad SMARTS) is 1. The summed E-state index contributed by atoms with van der Waals surface area (Å²) in [5, 5.41) is 20.2. The summed E-state index contributed by atoms with van der Waals surface area (Å²) in [6, 6.07) is 0. The predicted octanol–water partition coefficient (Wildman–Crippen LogP) is 1.48. The van der Waals surface area contributed by atoms with Gasteiger partial charge in [-0.1, -0.05) is 18.1 Å². The average molecular weight is 322 g/mol. The van der Waals surface area contributed by atoms with E-state index in [0.717, 1.165) is 5.57 Å². The highest BCUT2D eigenvalue weighted by atomic mass is 16.5. The van der Waals surface area contributed by atoms with E-state index in [2.05, 4.69) is 0 Å². The maximum Gasteiger partial charge on any atom is 0.306 e. The third kappa shape index (κ3) is 3.08. The van der Waals surface area contributed by atoms with E-state index in [1.54, 1.807) is 13.8 Å². The van der Waals surface area contributed by atoms with Crippen molar-refractivity contribution in [3.8, 4) is 0 Å². The first-order valence-electron chi connectivity index (χ1n) is 7.65. The molecule has 0 bridgehead atoms. The maximum absolute atomic E-state index is 12.2. The Morgan fingerprint density at radius 3 is 2.48 bits per heavy atom. The van der Waals surface area contributed by atoms with Gasteiger partial charge >= 0.3 is 11.9 Å². The van der Waals surface area contributed by atoms with Gasteiger partial charge in [-0.25, -0.2) is 0 Å². The fourth-order valence-corrected chi connectivity index (χ4v) is 3.78. The number of hydrogen-bond acceptors (Lipinski definition) is 5. The normalized spacial score (nSPS) is 32.0. The predicted molar refractivity (Wildman–Crippen MR) is 81.4 cm³/mol. The first-order valence-corrected chi connectivity index (χ1v) is 7.65. The van der Waals surface area contributed by atoms with E-state index >= 15 is 0 Å². The minimum atomic E-state index is -1.10. The number of esters is 1. The number of allylic oxidation sites excluding steroid dienone is 1. The van der Waals surface area contributed by atoms with E-state index in [1.165, 1.54) is 19.9 Å². The maximum atomic E-state index is 12.2. The summed E-state index contributed by atoms with van der Waals surface area (Å²) in [5.41, 5.74) is 1.95. The molecule has 126 valence electrons. The third-order valence-corrected chi connectivity index (χ3v) is 4.84. The molecule has 2 rings (SSSR count). The number of aliphatic hydroxyl groups excluding tert-OH is 1. The lowest BCUT2D eigenvalue weighted by Gasteiger charge is -2.34. The summed E-state index contributed by atoms with van der Waals surface area (Å²) in [5.74, 6) is -4.00. The Labute approximate surface area is 134 Å². The number of carbonyl (C=O) groups is 3. The Bertz CT molecular complexity index is 615. The van der Waals surface area contributed by atoms with Gasteiger partial charge in [-0.15, -0.1) is 0 Å². The number of aliphatic hydroxyl groups is 1. The summed E-state index contributed by atoms with van der Waals surface area (Å²) in [6.07, 6.45) is -0.133. The van der Waals surface area contributed by atoms with Crippen LogP contribution in [0.4, 0.5) is 0 Å². The first kappa shape index (κ1) is 17.4. The van der Waals surface area contributed by atoms with Crippen molar-refractivity contribution in [3.05, 3.63) is 22.8 Å². The highest BCUT2D eigenvalue weighted by Crippen LogP contribution is 2.44. The van der Waals surface area contributed by atoms with E-state index in [9.17, 15) is 24.6 Å². The van der Waals surface area contributed by atoms with Crippen LogP contribution in [0.1, 0.15) is 34.1 Å². The van der Waals surface area contributed by atoms with Crippen LogP contribution in [0.5, 0.6) is 0 Å². The molecule has 6 nitrogen and oxygen atoms in total. The molecule has 0 saturated heterocycles. The van der Waals surface area contributed by atoms with Crippen LogP contribution >= 0.6 is 0 Å². The van der Waals surface area contributed by atoms with Crippen LogP contribution in [0.15, 0.2) is 22.8 Å². The number of ketones is 1. The van der Waals surface area contributed by atoms with Crippen LogP contribution < -0.4 is 0 Å². The second-order valence-corrected chi connectivity index (χ2v) is 6.47. The van der Waals surface area contributed by atoms with Gasteiger partial charge in [0, 0.05) is 30.8 Å². The molecular weight excluding hydrogens is 300 g/mol. The molecule has 0 aliphatic heterocycles. The Balaban J connectivity index is 2.51. The molecular formula is C17H22O6. The van der Waals surface area contributed by atoms with Gasteiger partial charge in [-0.2, -0.15) is 0 Å². The summed E-state index contributed by atoms with van der Waals surface area (Å²) in [7, 11) is 0. The van der Waals surface area contributed by atoms with Crippen LogP contribution in [0.2, 0.25) is 0 Å². The Morgan fingerprint density at radius 2 is 1.96 bits per heavy atom. The van der Waals surface area contributed by atoms with Crippen molar-refractivity contribution in [2.75, 3.05) is 0 Å². The van der Waals surface area contributed by atoms with Crippen LogP contribution in [0.3, 0.4) is 0 Å². The van der Waals surface area contributed by atoms with Crippen molar-refractivity contribution >= 4 is 17.7 Å². The number of ether oxygens (including phenoxy) is 1. The Kier molecular flexibility index (Phi) is 4.75. The largest absolute Gasteiger partial charge is 0.481 e. The van der Waals surface area contributed by atoms with E-state index in [-0.39, 0.29) is 12.2 Å². The summed E-state index contributed by atoms with van der Waals surface area (Å²) in [4.78, 5) is 35.1. The lowest BCUT2D eigenvalue weighted by molar-refractivity contribution is -0.161. The van der Waals surface area contributed by atoms with Gasteiger partial charge in [0.15, 0.2) is 5.78 Å². The average Bonchev–Trinajstić information content (AvgIpc) is 2.66. The number of fused-ring (bicyclic) bond motifs is 1. The number of rotatable bonds is 3. The SMILES string of the molecule is CC(=O)O[C@@H]1CC(C)=C2C(=O)C=C(C)[C@@H]2[C@@H](O)[C@H]1C(C)C(=O)O. The number of aliphatic carboxylic acids is 1. The molecule has 5 atom stereocenters. The van der Waals surface area contributed by atoms with Crippen LogP contribution in [-0.4, -0.2) is 40.1 Å².